The van der Waals surface area contributed by atoms with E-state index in [0.29, 0.717) is 11.5 Å². The van der Waals surface area contributed by atoms with Gasteiger partial charge in [-0.05, 0) is 44.6 Å². The lowest BCUT2D eigenvalue weighted by Crippen LogP contribution is -2.45. The summed E-state index contributed by atoms with van der Waals surface area (Å²) < 4.78 is 0. The fourth-order valence-corrected chi connectivity index (χ4v) is 4.61. The third kappa shape index (κ3) is 5.26. The van der Waals surface area contributed by atoms with Crippen LogP contribution in [0.1, 0.15) is 30.1 Å². The van der Waals surface area contributed by atoms with Crippen LogP contribution in [0.15, 0.2) is 47.5 Å². The van der Waals surface area contributed by atoms with Gasteiger partial charge in [0.1, 0.15) is 5.69 Å². The highest BCUT2D eigenvalue weighted by atomic mass is 16.1. The van der Waals surface area contributed by atoms with E-state index in [1.165, 1.54) is 0 Å². The maximum atomic E-state index is 12.3. The van der Waals surface area contributed by atoms with Crippen LogP contribution >= 0.6 is 0 Å². The van der Waals surface area contributed by atoms with Crippen molar-refractivity contribution in [2.75, 3.05) is 51.2 Å². The molecule has 0 aromatic carbocycles. The summed E-state index contributed by atoms with van der Waals surface area (Å²) in [7, 11) is 2.15. The molecule has 2 aliphatic heterocycles. The number of likely N-dealkylation sites (N-methyl/N-ethyl adjacent to an activating group) is 1. The first-order chi connectivity index (χ1) is 16.1. The van der Waals surface area contributed by atoms with Crippen molar-refractivity contribution in [3.8, 4) is 11.5 Å². The Morgan fingerprint density at radius 3 is 2.73 bits per heavy atom. The Labute approximate surface area is 193 Å². The minimum Gasteiger partial charge on any atom is -0.338 e. The average molecular weight is 447 g/mol. The number of hydrogen-bond donors (Lipinski definition) is 1. The van der Waals surface area contributed by atoms with Gasteiger partial charge in [-0.3, -0.25) is 14.7 Å². The van der Waals surface area contributed by atoms with E-state index < -0.39 is 0 Å². The largest absolute Gasteiger partial charge is 0.338 e. The Hall–Kier alpha value is -3.17. The molecule has 2 fully saturated rings. The predicted octanol–water partition coefficient (Wildman–Crippen LogP) is 1.75. The van der Waals surface area contributed by atoms with Crippen LogP contribution < -0.4 is 10.5 Å². The quantitative estimate of drug-likeness (QED) is 0.634. The third-order valence-electron chi connectivity index (χ3n) is 6.47. The molecule has 0 amide bonds. The van der Waals surface area contributed by atoms with Gasteiger partial charge in [0, 0.05) is 63.6 Å². The highest BCUT2D eigenvalue weighted by Crippen LogP contribution is 2.27. The SMILES string of the molecule is CN1CCN(c2nccc(CN3CCCC(c4cc(=O)[nH]c(-c5ccccn5)n4)C3)n2)CC1. The van der Waals surface area contributed by atoms with Crippen LogP contribution in [-0.2, 0) is 6.54 Å². The number of aromatic amines is 1. The predicted molar refractivity (Wildman–Crippen MR) is 127 cm³/mol. The molecule has 1 N–H and O–H groups in total. The van der Waals surface area contributed by atoms with E-state index in [1.54, 1.807) is 12.3 Å². The molecule has 0 aliphatic carbocycles. The van der Waals surface area contributed by atoms with Crippen molar-refractivity contribution in [2.45, 2.75) is 25.3 Å². The van der Waals surface area contributed by atoms with E-state index in [-0.39, 0.29) is 11.5 Å². The minimum atomic E-state index is -0.134. The second-order valence-electron chi connectivity index (χ2n) is 8.95. The van der Waals surface area contributed by atoms with Gasteiger partial charge in [-0.15, -0.1) is 0 Å². The smallest absolute Gasteiger partial charge is 0.251 e. The van der Waals surface area contributed by atoms with Crippen LogP contribution in [0.4, 0.5) is 5.95 Å². The van der Waals surface area contributed by atoms with Crippen molar-refractivity contribution in [1.29, 1.82) is 0 Å². The molecule has 2 saturated heterocycles. The van der Waals surface area contributed by atoms with Crippen LogP contribution in [0.2, 0.25) is 0 Å². The zero-order valence-electron chi connectivity index (χ0n) is 19.0. The number of piperazine rings is 1. The van der Waals surface area contributed by atoms with Crippen molar-refractivity contribution in [3.63, 3.8) is 0 Å². The number of hydrogen-bond acceptors (Lipinski definition) is 8. The molecule has 0 bridgehead atoms. The summed E-state index contributed by atoms with van der Waals surface area (Å²) in [5.74, 6) is 1.57. The van der Waals surface area contributed by atoms with E-state index in [9.17, 15) is 4.79 Å². The van der Waals surface area contributed by atoms with E-state index in [2.05, 4.69) is 36.7 Å². The van der Waals surface area contributed by atoms with Gasteiger partial charge in [0.2, 0.25) is 5.95 Å². The Morgan fingerprint density at radius 1 is 1.03 bits per heavy atom. The van der Waals surface area contributed by atoms with Crippen LogP contribution in [0.25, 0.3) is 11.5 Å². The molecule has 172 valence electrons. The summed E-state index contributed by atoms with van der Waals surface area (Å²) in [5, 5.41) is 0. The fourth-order valence-electron chi connectivity index (χ4n) is 4.61. The van der Waals surface area contributed by atoms with Gasteiger partial charge in [-0.25, -0.2) is 15.0 Å². The molecular weight excluding hydrogens is 416 g/mol. The van der Waals surface area contributed by atoms with E-state index in [4.69, 9.17) is 9.97 Å². The first kappa shape index (κ1) is 21.7. The second-order valence-corrected chi connectivity index (χ2v) is 8.95. The molecule has 33 heavy (non-hydrogen) atoms. The number of H-pyrrole nitrogens is 1. The van der Waals surface area contributed by atoms with Crippen LogP contribution in [0.3, 0.4) is 0 Å². The molecule has 5 rings (SSSR count). The average Bonchev–Trinajstić information content (AvgIpc) is 2.85. The maximum absolute atomic E-state index is 12.3. The summed E-state index contributed by atoms with van der Waals surface area (Å²) in [5.41, 5.74) is 2.42. The third-order valence-corrected chi connectivity index (χ3v) is 6.47. The lowest BCUT2D eigenvalue weighted by atomic mass is 9.94. The number of piperidine rings is 1. The summed E-state index contributed by atoms with van der Waals surface area (Å²) in [6.45, 7) is 6.62. The number of anilines is 1. The van der Waals surface area contributed by atoms with E-state index in [1.807, 2.05) is 30.5 Å². The minimum absolute atomic E-state index is 0.134. The Bertz CT molecular complexity index is 1130. The normalized spacial score (nSPS) is 20.2. The number of likely N-dealkylation sites (tertiary alicyclic amines) is 1. The molecule has 5 heterocycles. The van der Waals surface area contributed by atoms with E-state index >= 15 is 0 Å². The van der Waals surface area contributed by atoms with Crippen molar-refractivity contribution in [1.82, 2.24) is 34.7 Å². The molecule has 0 saturated carbocycles. The van der Waals surface area contributed by atoms with Gasteiger partial charge in [0.15, 0.2) is 5.82 Å². The molecule has 3 aromatic heterocycles. The molecule has 2 aliphatic rings. The summed E-state index contributed by atoms with van der Waals surface area (Å²) in [4.78, 5) is 40.7. The lowest BCUT2D eigenvalue weighted by Gasteiger charge is -2.33. The monoisotopic (exact) mass is 446 g/mol. The molecule has 1 atom stereocenters. The van der Waals surface area contributed by atoms with Gasteiger partial charge in [0.05, 0.1) is 11.4 Å². The number of rotatable bonds is 5. The fraction of sp³-hybridized carbons (Fsp3) is 0.458. The molecule has 3 aromatic rings. The first-order valence-corrected chi connectivity index (χ1v) is 11.6. The summed E-state index contributed by atoms with van der Waals surface area (Å²) >= 11 is 0. The zero-order chi connectivity index (χ0) is 22.6. The topological polar surface area (TPSA) is 94.1 Å². The Kier molecular flexibility index (Phi) is 6.41. The molecule has 9 nitrogen and oxygen atoms in total. The molecule has 0 radical (unpaired) electrons. The number of nitrogens with zero attached hydrogens (tertiary/aromatic N) is 7. The van der Waals surface area contributed by atoms with Gasteiger partial charge < -0.3 is 14.8 Å². The molecule has 9 heteroatoms. The molecule has 0 spiro atoms. The number of nitrogens with one attached hydrogen (secondary N) is 1. The zero-order valence-corrected chi connectivity index (χ0v) is 19.0. The maximum Gasteiger partial charge on any atom is 0.251 e. The number of aromatic nitrogens is 5. The highest BCUT2D eigenvalue weighted by Gasteiger charge is 2.24. The van der Waals surface area contributed by atoms with Crippen molar-refractivity contribution < 1.29 is 0 Å². The van der Waals surface area contributed by atoms with Gasteiger partial charge in [-0.2, -0.15) is 0 Å². The van der Waals surface area contributed by atoms with Gasteiger partial charge >= 0.3 is 0 Å². The van der Waals surface area contributed by atoms with Crippen LogP contribution in [0.5, 0.6) is 0 Å². The Morgan fingerprint density at radius 2 is 1.91 bits per heavy atom. The summed E-state index contributed by atoms with van der Waals surface area (Å²) in [6.07, 6.45) is 5.66. The van der Waals surface area contributed by atoms with Crippen LogP contribution in [-0.4, -0.2) is 81.0 Å². The standard InChI is InChI=1S/C24H30N8O/c1-30-11-13-32(14-12-30)24-26-9-7-19(27-24)17-31-10-4-5-18(16-31)21-15-22(33)29-23(28-21)20-6-2-3-8-25-20/h2-3,6-9,15,18H,4-5,10-14,16-17H2,1H3,(H,28,29,33). The molecule has 1 unspecified atom stereocenters. The first-order valence-electron chi connectivity index (χ1n) is 11.6. The second kappa shape index (κ2) is 9.76. The van der Waals surface area contributed by atoms with E-state index in [0.717, 1.165) is 76.0 Å². The van der Waals surface area contributed by atoms with Gasteiger partial charge in [-0.1, -0.05) is 6.07 Å². The van der Waals surface area contributed by atoms with Gasteiger partial charge in [0.25, 0.3) is 5.56 Å². The van der Waals surface area contributed by atoms with Crippen LogP contribution in [0, 0.1) is 0 Å². The van der Waals surface area contributed by atoms with Crippen molar-refractivity contribution in [3.05, 3.63) is 64.5 Å². The summed E-state index contributed by atoms with van der Waals surface area (Å²) in [6, 6.07) is 9.26. The molecular formula is C24H30N8O. The lowest BCUT2D eigenvalue weighted by molar-refractivity contribution is 0.196. The Balaban J connectivity index is 1.29. The number of pyridine rings is 1. The van der Waals surface area contributed by atoms with Crippen molar-refractivity contribution >= 4 is 5.95 Å². The van der Waals surface area contributed by atoms with Crippen molar-refractivity contribution in [2.24, 2.45) is 0 Å². The highest BCUT2D eigenvalue weighted by molar-refractivity contribution is 5.48.